The van der Waals surface area contributed by atoms with Crippen LogP contribution in [0.2, 0.25) is 0 Å². The van der Waals surface area contributed by atoms with Crippen LogP contribution in [0.5, 0.6) is 0 Å². The van der Waals surface area contributed by atoms with E-state index in [1.165, 1.54) is 44.5 Å². The lowest BCUT2D eigenvalue weighted by molar-refractivity contribution is 0.795. The van der Waals surface area contributed by atoms with Crippen LogP contribution >= 0.6 is 0 Å². The molecule has 1 spiro atoms. The summed E-state index contributed by atoms with van der Waals surface area (Å²) in [4.78, 5) is 0. The zero-order valence-corrected chi connectivity index (χ0v) is 14.7. The lowest BCUT2D eigenvalue weighted by Crippen LogP contribution is -2.31. The van der Waals surface area contributed by atoms with Gasteiger partial charge in [-0.05, 0) is 44.5 Å². The minimum atomic E-state index is -0.332. The Kier molecular flexibility index (Phi) is 2.82. The maximum absolute atomic E-state index is 6.29. The van der Waals surface area contributed by atoms with E-state index in [-0.39, 0.29) is 5.41 Å². The van der Waals surface area contributed by atoms with Gasteiger partial charge in [0.05, 0.1) is 5.41 Å². The molecule has 0 aromatic heterocycles. The highest BCUT2D eigenvalue weighted by Crippen LogP contribution is 2.62. The van der Waals surface area contributed by atoms with Crippen LogP contribution in [0.25, 0.3) is 22.3 Å². The molecule has 0 bridgehead atoms. The highest BCUT2D eigenvalue weighted by molar-refractivity contribution is 6.49. The lowest BCUT2D eigenvalue weighted by atomic mass is 9.68. The zero-order valence-electron chi connectivity index (χ0n) is 14.7. The van der Waals surface area contributed by atoms with E-state index in [4.69, 9.17) is 15.7 Å². The molecule has 0 aliphatic heterocycles. The first kappa shape index (κ1) is 15.1. The molecule has 0 amide bonds. The van der Waals surface area contributed by atoms with Gasteiger partial charge in [-0.1, -0.05) is 84.9 Å². The predicted molar refractivity (Wildman–Crippen MR) is 114 cm³/mol. The fourth-order valence-electron chi connectivity index (χ4n) is 5.17. The van der Waals surface area contributed by atoms with Crippen LogP contribution in [0.1, 0.15) is 22.3 Å². The van der Waals surface area contributed by atoms with Crippen LogP contribution < -0.4 is 10.9 Å². The molecule has 6 rings (SSSR count). The van der Waals surface area contributed by atoms with Crippen molar-refractivity contribution in [1.29, 1.82) is 0 Å². The second-order valence-corrected chi connectivity index (χ2v) is 7.41. The van der Waals surface area contributed by atoms with Gasteiger partial charge in [-0.15, -0.1) is 10.9 Å². The average molecular weight is 336 g/mol. The fraction of sp³-hybridized carbons (Fsp3) is 0.0400. The Morgan fingerprint density at radius 2 is 0.852 bits per heavy atom. The van der Waals surface area contributed by atoms with Crippen LogP contribution in [0, 0.1) is 0 Å². The van der Waals surface area contributed by atoms with Gasteiger partial charge in [-0.2, -0.15) is 0 Å². The van der Waals surface area contributed by atoms with Crippen LogP contribution in [-0.2, 0) is 5.41 Å². The molecular formula is C25H14B2. The summed E-state index contributed by atoms with van der Waals surface area (Å²) in [6.07, 6.45) is 0. The molecule has 2 heteroatoms. The minimum absolute atomic E-state index is 0.332. The summed E-state index contributed by atoms with van der Waals surface area (Å²) in [6.45, 7) is 0. The van der Waals surface area contributed by atoms with Crippen LogP contribution in [0.15, 0.2) is 84.9 Å². The van der Waals surface area contributed by atoms with E-state index in [0.29, 0.717) is 10.9 Å². The monoisotopic (exact) mass is 336 g/mol. The Bertz CT molecular complexity index is 1210. The molecule has 4 aromatic carbocycles. The van der Waals surface area contributed by atoms with Crippen molar-refractivity contribution in [1.82, 2.24) is 0 Å². The SMILES string of the molecule is [B]c1cc2c(cc1[B])C1(c3ccccc3-c3ccccc31)c1ccccc1-2. The van der Waals surface area contributed by atoms with Crippen molar-refractivity contribution in [3.05, 3.63) is 107 Å². The summed E-state index contributed by atoms with van der Waals surface area (Å²) in [5.74, 6) is 0. The Balaban J connectivity index is 1.88. The first-order chi connectivity index (χ1) is 13.2. The van der Waals surface area contributed by atoms with Crippen molar-refractivity contribution >= 4 is 26.6 Å². The molecule has 120 valence electrons. The lowest BCUT2D eigenvalue weighted by Gasteiger charge is -2.30. The molecule has 0 saturated carbocycles. The summed E-state index contributed by atoms with van der Waals surface area (Å²) >= 11 is 0. The molecule has 0 unspecified atom stereocenters. The molecule has 2 aliphatic carbocycles. The second kappa shape index (κ2) is 5.04. The van der Waals surface area contributed by atoms with Crippen molar-refractivity contribution in [2.45, 2.75) is 5.41 Å². The van der Waals surface area contributed by atoms with E-state index in [2.05, 4.69) is 78.9 Å². The zero-order chi connectivity index (χ0) is 18.2. The fourth-order valence-corrected chi connectivity index (χ4v) is 5.17. The third-order valence-electron chi connectivity index (χ3n) is 6.20. The van der Waals surface area contributed by atoms with Gasteiger partial charge in [0.1, 0.15) is 15.7 Å². The maximum Gasteiger partial charge on any atom is 0.113 e. The van der Waals surface area contributed by atoms with Crippen molar-refractivity contribution in [2.24, 2.45) is 0 Å². The van der Waals surface area contributed by atoms with E-state index in [1.807, 2.05) is 6.07 Å². The van der Waals surface area contributed by atoms with Crippen LogP contribution in [0.3, 0.4) is 0 Å². The van der Waals surface area contributed by atoms with Gasteiger partial charge in [-0.25, -0.2) is 0 Å². The van der Waals surface area contributed by atoms with Crippen LogP contribution in [-0.4, -0.2) is 15.7 Å². The van der Waals surface area contributed by atoms with Crippen molar-refractivity contribution in [3.63, 3.8) is 0 Å². The van der Waals surface area contributed by atoms with E-state index in [0.717, 1.165) is 0 Å². The molecule has 0 atom stereocenters. The number of rotatable bonds is 0. The van der Waals surface area contributed by atoms with Crippen LogP contribution in [0.4, 0.5) is 0 Å². The molecule has 0 fully saturated rings. The third kappa shape index (κ3) is 1.67. The quantitative estimate of drug-likeness (QED) is 0.372. The highest BCUT2D eigenvalue weighted by atomic mass is 14.5. The van der Waals surface area contributed by atoms with Gasteiger partial charge < -0.3 is 0 Å². The van der Waals surface area contributed by atoms with E-state index in [9.17, 15) is 0 Å². The average Bonchev–Trinajstić information content (AvgIpc) is 3.16. The minimum Gasteiger partial charge on any atom is -0.103 e. The van der Waals surface area contributed by atoms with Gasteiger partial charge in [0.25, 0.3) is 0 Å². The summed E-state index contributed by atoms with van der Waals surface area (Å²) in [5.41, 5.74) is 11.1. The van der Waals surface area contributed by atoms with E-state index in [1.54, 1.807) is 0 Å². The number of benzene rings is 4. The number of hydrogen-bond acceptors (Lipinski definition) is 0. The number of hydrogen-bond donors (Lipinski definition) is 0. The Hall–Kier alpha value is -2.99. The van der Waals surface area contributed by atoms with Crippen molar-refractivity contribution < 1.29 is 0 Å². The maximum atomic E-state index is 6.29. The van der Waals surface area contributed by atoms with Gasteiger partial charge in [0.2, 0.25) is 0 Å². The molecule has 0 heterocycles. The molecule has 4 radical (unpaired) electrons. The topological polar surface area (TPSA) is 0 Å². The highest BCUT2D eigenvalue weighted by Gasteiger charge is 2.51. The summed E-state index contributed by atoms with van der Waals surface area (Å²) in [5, 5.41) is 0. The Morgan fingerprint density at radius 3 is 1.37 bits per heavy atom. The first-order valence-corrected chi connectivity index (χ1v) is 9.21. The molecule has 27 heavy (non-hydrogen) atoms. The Morgan fingerprint density at radius 1 is 0.444 bits per heavy atom. The normalized spacial score (nSPS) is 14.5. The summed E-state index contributed by atoms with van der Waals surface area (Å²) in [6, 6.07) is 30.3. The Labute approximate surface area is 161 Å². The van der Waals surface area contributed by atoms with Crippen molar-refractivity contribution in [3.8, 4) is 22.3 Å². The molecule has 0 N–H and O–H groups in total. The van der Waals surface area contributed by atoms with Crippen molar-refractivity contribution in [2.75, 3.05) is 0 Å². The van der Waals surface area contributed by atoms with E-state index >= 15 is 0 Å². The number of fused-ring (bicyclic) bond motifs is 10. The predicted octanol–water partition coefficient (Wildman–Crippen LogP) is 3.62. The third-order valence-corrected chi connectivity index (χ3v) is 6.20. The van der Waals surface area contributed by atoms with Gasteiger partial charge in [-0.3, -0.25) is 0 Å². The smallest absolute Gasteiger partial charge is 0.103 e. The second-order valence-electron chi connectivity index (χ2n) is 7.41. The first-order valence-electron chi connectivity index (χ1n) is 9.21. The molecule has 0 nitrogen and oxygen atoms in total. The summed E-state index contributed by atoms with van der Waals surface area (Å²) < 4.78 is 0. The largest absolute Gasteiger partial charge is 0.113 e. The molecule has 4 aromatic rings. The molecule has 2 aliphatic rings. The standard InChI is InChI=1S/C25H14B2/c26-23-13-18-17-9-3-6-12-21(17)25(22(18)14-24(23)27)19-10-4-1-7-15(19)16-8-2-5-11-20(16)25/h1-14H. The summed E-state index contributed by atoms with van der Waals surface area (Å²) in [7, 11) is 12.5. The van der Waals surface area contributed by atoms with Gasteiger partial charge in [0.15, 0.2) is 0 Å². The van der Waals surface area contributed by atoms with Gasteiger partial charge >= 0.3 is 0 Å². The van der Waals surface area contributed by atoms with Gasteiger partial charge in [0, 0.05) is 0 Å². The molecular weight excluding hydrogens is 322 g/mol. The molecule has 0 saturated heterocycles. The van der Waals surface area contributed by atoms with E-state index < -0.39 is 0 Å².